The van der Waals surface area contributed by atoms with Crippen molar-refractivity contribution in [2.45, 2.75) is 64.1 Å². The molecule has 0 heterocycles. The number of nitrogens with one attached hydrogen (secondary N) is 1. The lowest BCUT2D eigenvalue weighted by molar-refractivity contribution is -0.126. The van der Waals surface area contributed by atoms with E-state index in [0.717, 1.165) is 45.4 Å². The molecule has 5 nitrogen and oxygen atoms in total. The number of rotatable bonds is 8. The van der Waals surface area contributed by atoms with Gasteiger partial charge in [0.05, 0.1) is 18.2 Å². The third kappa shape index (κ3) is 4.72. The van der Waals surface area contributed by atoms with Crippen LogP contribution in [-0.4, -0.2) is 55.2 Å². The summed E-state index contributed by atoms with van der Waals surface area (Å²) in [5.74, 6) is -0.212. The van der Waals surface area contributed by atoms with Gasteiger partial charge in [-0.15, -0.1) is 0 Å². The van der Waals surface area contributed by atoms with Crippen molar-refractivity contribution in [3.63, 3.8) is 0 Å². The van der Waals surface area contributed by atoms with Crippen LogP contribution in [0.4, 0.5) is 0 Å². The highest BCUT2D eigenvalue weighted by Gasteiger charge is 2.41. The summed E-state index contributed by atoms with van der Waals surface area (Å²) in [6.07, 6.45) is 4.08. The van der Waals surface area contributed by atoms with Gasteiger partial charge in [-0.3, -0.25) is 4.79 Å². The Morgan fingerprint density at radius 2 is 2.25 bits per heavy atom. The predicted octanol–water partition coefficient (Wildman–Crippen LogP) is 1.12. The van der Waals surface area contributed by atoms with Gasteiger partial charge < -0.3 is 20.7 Å². The van der Waals surface area contributed by atoms with Crippen molar-refractivity contribution in [1.29, 1.82) is 0 Å². The summed E-state index contributed by atoms with van der Waals surface area (Å²) < 4.78 is 5.60. The molecule has 3 N–H and O–H groups in total. The molecule has 0 aromatic carbocycles. The van der Waals surface area contributed by atoms with Gasteiger partial charge in [-0.05, 0) is 53.1 Å². The maximum absolute atomic E-state index is 11.9. The first-order chi connectivity index (χ1) is 9.41. The van der Waals surface area contributed by atoms with Crippen molar-refractivity contribution in [2.24, 2.45) is 5.73 Å². The van der Waals surface area contributed by atoms with Crippen molar-refractivity contribution in [1.82, 2.24) is 10.2 Å². The van der Waals surface area contributed by atoms with Gasteiger partial charge in [0.25, 0.3) is 0 Å². The highest BCUT2D eigenvalue weighted by Crippen LogP contribution is 2.30. The fourth-order valence-electron chi connectivity index (χ4n) is 3.05. The Kier molecular flexibility index (Phi) is 6.92. The average Bonchev–Trinajstić information content (AvgIpc) is 2.38. The molecule has 0 aromatic rings. The monoisotopic (exact) mass is 285 g/mol. The van der Waals surface area contributed by atoms with Gasteiger partial charge in [-0.25, -0.2) is 0 Å². The molecule has 118 valence electrons. The zero-order valence-corrected chi connectivity index (χ0v) is 13.4. The van der Waals surface area contributed by atoms with Crippen LogP contribution >= 0.6 is 0 Å². The van der Waals surface area contributed by atoms with E-state index < -0.39 is 5.54 Å². The summed E-state index contributed by atoms with van der Waals surface area (Å²) in [5.41, 5.74) is 5.12. The highest BCUT2D eigenvalue weighted by molar-refractivity contribution is 5.84. The number of carbonyl (C=O) groups is 1. The summed E-state index contributed by atoms with van der Waals surface area (Å²) in [6.45, 7) is 8.51. The van der Waals surface area contributed by atoms with E-state index in [-0.39, 0.29) is 12.0 Å². The molecule has 2 atom stereocenters. The molecule has 1 fully saturated rings. The number of amides is 1. The Hall–Kier alpha value is -0.650. The largest absolute Gasteiger partial charge is 0.377 e. The molecule has 1 aliphatic rings. The van der Waals surface area contributed by atoms with Crippen LogP contribution in [0.5, 0.6) is 0 Å². The van der Waals surface area contributed by atoms with E-state index >= 15 is 0 Å². The normalized spacial score (nSPS) is 27.2. The van der Waals surface area contributed by atoms with Crippen LogP contribution in [0.1, 0.15) is 46.5 Å². The zero-order chi connectivity index (χ0) is 15.2. The van der Waals surface area contributed by atoms with Crippen LogP contribution in [0.2, 0.25) is 0 Å². The molecule has 20 heavy (non-hydrogen) atoms. The molecule has 2 unspecified atom stereocenters. The molecule has 1 saturated carbocycles. The maximum Gasteiger partial charge on any atom is 0.237 e. The Labute approximate surface area is 123 Å². The van der Waals surface area contributed by atoms with Crippen molar-refractivity contribution >= 4 is 5.91 Å². The fourth-order valence-corrected chi connectivity index (χ4v) is 3.05. The van der Waals surface area contributed by atoms with Crippen LogP contribution in [0, 0.1) is 0 Å². The zero-order valence-electron chi connectivity index (χ0n) is 13.4. The van der Waals surface area contributed by atoms with Gasteiger partial charge in [-0.2, -0.15) is 0 Å². The lowest BCUT2D eigenvalue weighted by atomic mass is 9.78. The average molecular weight is 285 g/mol. The number of primary amides is 1. The first-order valence-electron chi connectivity index (χ1n) is 7.78. The van der Waals surface area contributed by atoms with Crippen LogP contribution in [0.15, 0.2) is 0 Å². The van der Waals surface area contributed by atoms with E-state index in [4.69, 9.17) is 10.5 Å². The molecule has 1 amide bonds. The highest BCUT2D eigenvalue weighted by atomic mass is 16.5. The van der Waals surface area contributed by atoms with Crippen molar-refractivity contribution < 1.29 is 9.53 Å². The van der Waals surface area contributed by atoms with Gasteiger partial charge in [0.2, 0.25) is 5.91 Å². The first-order valence-corrected chi connectivity index (χ1v) is 7.78. The molecule has 5 heteroatoms. The van der Waals surface area contributed by atoms with Crippen molar-refractivity contribution in [2.75, 3.05) is 26.7 Å². The smallest absolute Gasteiger partial charge is 0.237 e. The van der Waals surface area contributed by atoms with E-state index in [1.54, 1.807) is 0 Å². The lowest BCUT2D eigenvalue weighted by Gasteiger charge is -2.42. The Morgan fingerprint density at radius 3 is 2.80 bits per heavy atom. The predicted molar refractivity (Wildman–Crippen MR) is 81.6 cm³/mol. The van der Waals surface area contributed by atoms with Gasteiger partial charge in [0.1, 0.15) is 0 Å². The van der Waals surface area contributed by atoms with Crippen molar-refractivity contribution in [3.05, 3.63) is 0 Å². The number of hydrogen-bond acceptors (Lipinski definition) is 4. The molecular weight excluding hydrogens is 254 g/mol. The second kappa shape index (κ2) is 7.96. The number of nitrogens with zero attached hydrogens (tertiary/aromatic N) is 1. The number of carbonyl (C=O) groups excluding carboxylic acids is 1. The van der Waals surface area contributed by atoms with E-state index in [1.165, 1.54) is 0 Å². The maximum atomic E-state index is 11.9. The van der Waals surface area contributed by atoms with E-state index in [0.29, 0.717) is 6.04 Å². The number of likely N-dealkylation sites (N-methyl/N-ethyl adjacent to an activating group) is 2. The topological polar surface area (TPSA) is 67.6 Å². The van der Waals surface area contributed by atoms with Crippen LogP contribution in [-0.2, 0) is 9.53 Å². The molecule has 0 aliphatic heterocycles. The number of nitrogens with two attached hydrogens (primary N) is 1. The third-order valence-electron chi connectivity index (χ3n) is 4.23. The van der Waals surface area contributed by atoms with Gasteiger partial charge >= 0.3 is 0 Å². The minimum atomic E-state index is -0.523. The van der Waals surface area contributed by atoms with Crippen LogP contribution in [0.25, 0.3) is 0 Å². The fraction of sp³-hybridized carbons (Fsp3) is 0.933. The van der Waals surface area contributed by atoms with E-state index in [9.17, 15) is 4.79 Å². The summed E-state index contributed by atoms with van der Waals surface area (Å²) in [6, 6.07) is 0.395. The Morgan fingerprint density at radius 1 is 1.55 bits per heavy atom. The minimum Gasteiger partial charge on any atom is -0.377 e. The summed E-state index contributed by atoms with van der Waals surface area (Å²) >= 11 is 0. The molecule has 0 spiro atoms. The SMILES string of the molecule is CCNC1(C(N)=O)CCCC(N(C)CCOC(C)C)C1. The number of hydrogen-bond donors (Lipinski definition) is 2. The van der Waals surface area contributed by atoms with E-state index in [2.05, 4.69) is 17.3 Å². The Bertz CT molecular complexity index is 305. The van der Waals surface area contributed by atoms with E-state index in [1.807, 2.05) is 20.8 Å². The van der Waals surface area contributed by atoms with Gasteiger partial charge in [0.15, 0.2) is 0 Å². The molecule has 0 saturated heterocycles. The van der Waals surface area contributed by atoms with Crippen LogP contribution < -0.4 is 11.1 Å². The molecule has 0 radical (unpaired) electrons. The lowest BCUT2D eigenvalue weighted by Crippen LogP contribution is -2.60. The molecule has 1 aliphatic carbocycles. The first kappa shape index (κ1) is 17.4. The third-order valence-corrected chi connectivity index (χ3v) is 4.23. The minimum absolute atomic E-state index is 0.212. The van der Waals surface area contributed by atoms with Crippen molar-refractivity contribution in [3.8, 4) is 0 Å². The standard InChI is InChI=1S/C15H31N3O2/c1-5-17-15(14(16)19)8-6-7-13(11-15)18(4)9-10-20-12(2)3/h12-13,17H,5-11H2,1-4H3,(H2,16,19). The molecule has 1 rings (SSSR count). The van der Waals surface area contributed by atoms with Gasteiger partial charge in [-0.1, -0.05) is 6.92 Å². The quantitative estimate of drug-likeness (QED) is 0.701. The molecular formula is C15H31N3O2. The summed E-state index contributed by atoms with van der Waals surface area (Å²) in [5, 5.41) is 3.32. The molecule has 0 bridgehead atoms. The summed E-state index contributed by atoms with van der Waals surface area (Å²) in [7, 11) is 2.11. The second-order valence-corrected chi connectivity index (χ2v) is 6.13. The van der Waals surface area contributed by atoms with Gasteiger partial charge in [0, 0.05) is 12.6 Å². The second-order valence-electron chi connectivity index (χ2n) is 6.13. The molecule has 0 aromatic heterocycles. The summed E-state index contributed by atoms with van der Waals surface area (Å²) in [4.78, 5) is 14.2. The van der Waals surface area contributed by atoms with Crippen LogP contribution in [0.3, 0.4) is 0 Å². The Balaban J connectivity index is 2.56. The number of ether oxygens (including phenoxy) is 1.